The van der Waals surface area contributed by atoms with Gasteiger partial charge in [0.2, 0.25) is 5.28 Å². The molecular formula is C19H19BrClN3S. The molecule has 0 unspecified atom stereocenters. The molecule has 0 N–H and O–H groups in total. The van der Waals surface area contributed by atoms with E-state index in [4.69, 9.17) is 11.6 Å². The molecule has 0 bridgehead atoms. The first kappa shape index (κ1) is 17.3. The fourth-order valence-corrected chi connectivity index (χ4v) is 5.06. The number of anilines is 1. The van der Waals surface area contributed by atoms with Crippen LogP contribution in [-0.2, 0) is 0 Å². The second kappa shape index (κ2) is 7.22. The van der Waals surface area contributed by atoms with Crippen molar-refractivity contribution in [2.75, 3.05) is 18.0 Å². The van der Waals surface area contributed by atoms with Crippen LogP contribution >= 0.6 is 38.9 Å². The van der Waals surface area contributed by atoms with Gasteiger partial charge in [0.05, 0.1) is 5.39 Å². The molecule has 6 heteroatoms. The van der Waals surface area contributed by atoms with Gasteiger partial charge >= 0.3 is 0 Å². The molecule has 3 nitrogen and oxygen atoms in total. The fourth-order valence-electron chi connectivity index (χ4n) is 3.54. The first-order valence-electron chi connectivity index (χ1n) is 8.61. The Morgan fingerprint density at radius 3 is 2.40 bits per heavy atom. The van der Waals surface area contributed by atoms with Gasteiger partial charge in [0.1, 0.15) is 10.6 Å². The number of thiophene rings is 1. The van der Waals surface area contributed by atoms with E-state index in [1.807, 2.05) is 0 Å². The third-order valence-electron chi connectivity index (χ3n) is 4.72. The molecule has 130 valence electrons. The molecule has 0 saturated carbocycles. The van der Waals surface area contributed by atoms with E-state index in [9.17, 15) is 0 Å². The van der Waals surface area contributed by atoms with Gasteiger partial charge in [-0.3, -0.25) is 0 Å². The predicted octanol–water partition coefficient (Wildman–Crippen LogP) is 6.46. The van der Waals surface area contributed by atoms with Crippen LogP contribution in [0.4, 0.5) is 5.82 Å². The van der Waals surface area contributed by atoms with Crippen molar-refractivity contribution < 1.29 is 0 Å². The first-order chi connectivity index (χ1) is 12.1. The molecule has 4 rings (SSSR count). The lowest BCUT2D eigenvalue weighted by Gasteiger charge is -2.23. The maximum absolute atomic E-state index is 6.26. The van der Waals surface area contributed by atoms with Crippen molar-refractivity contribution in [3.8, 4) is 11.1 Å². The second-order valence-electron chi connectivity index (χ2n) is 6.44. The highest BCUT2D eigenvalue weighted by Crippen LogP contribution is 2.42. The largest absolute Gasteiger partial charge is 0.356 e. The normalized spacial score (nSPS) is 15.6. The third-order valence-corrected chi connectivity index (χ3v) is 6.42. The monoisotopic (exact) mass is 435 g/mol. The average Bonchev–Trinajstić information content (AvgIpc) is 2.77. The number of nitrogens with zero attached hydrogens (tertiary/aromatic N) is 3. The Bertz CT molecular complexity index is 899. The number of benzene rings is 1. The molecule has 1 aliphatic heterocycles. The molecule has 3 aromatic rings. The Hall–Kier alpha value is -1.17. The molecule has 1 saturated heterocycles. The number of halogens is 2. The molecule has 3 heterocycles. The third kappa shape index (κ3) is 3.42. The molecule has 1 aromatic carbocycles. The van der Waals surface area contributed by atoms with Gasteiger partial charge in [0.25, 0.3) is 0 Å². The topological polar surface area (TPSA) is 29.0 Å². The van der Waals surface area contributed by atoms with Crippen LogP contribution in [0.25, 0.3) is 21.3 Å². The zero-order chi connectivity index (χ0) is 17.4. The Balaban J connectivity index is 1.94. The molecule has 0 radical (unpaired) electrons. The lowest BCUT2D eigenvalue weighted by molar-refractivity contribution is 0.726. The van der Waals surface area contributed by atoms with Crippen LogP contribution in [-0.4, -0.2) is 23.1 Å². The number of hydrogen-bond donors (Lipinski definition) is 0. The van der Waals surface area contributed by atoms with Crippen molar-refractivity contribution in [2.24, 2.45) is 0 Å². The molecule has 0 spiro atoms. The van der Waals surface area contributed by atoms with Crippen LogP contribution in [0, 0.1) is 6.92 Å². The Morgan fingerprint density at radius 2 is 1.72 bits per heavy atom. The van der Waals surface area contributed by atoms with E-state index in [0.717, 1.165) is 33.6 Å². The Morgan fingerprint density at radius 1 is 1.04 bits per heavy atom. The van der Waals surface area contributed by atoms with E-state index >= 15 is 0 Å². The van der Waals surface area contributed by atoms with Crippen molar-refractivity contribution in [1.82, 2.24) is 9.97 Å². The van der Waals surface area contributed by atoms with E-state index < -0.39 is 0 Å². The van der Waals surface area contributed by atoms with Gasteiger partial charge in [-0.25, -0.2) is 4.98 Å². The number of aromatic nitrogens is 2. The maximum atomic E-state index is 6.26. The molecule has 1 aliphatic rings. The summed E-state index contributed by atoms with van der Waals surface area (Å²) in [7, 11) is 0. The van der Waals surface area contributed by atoms with E-state index in [1.165, 1.54) is 41.7 Å². The van der Waals surface area contributed by atoms with Crippen LogP contribution in [0.2, 0.25) is 5.28 Å². The van der Waals surface area contributed by atoms with Crippen LogP contribution in [0.1, 0.15) is 30.6 Å². The zero-order valence-corrected chi connectivity index (χ0v) is 17.2. The molecule has 2 aromatic heterocycles. The summed E-state index contributed by atoms with van der Waals surface area (Å²) in [6.07, 6.45) is 5.00. The highest BCUT2D eigenvalue weighted by molar-refractivity contribution is 9.10. The predicted molar refractivity (Wildman–Crippen MR) is 111 cm³/mol. The molecule has 0 aliphatic carbocycles. The van der Waals surface area contributed by atoms with Crippen LogP contribution in [0.3, 0.4) is 0 Å². The number of rotatable bonds is 2. The summed E-state index contributed by atoms with van der Waals surface area (Å²) in [5.41, 5.74) is 2.44. The number of fused-ring (bicyclic) bond motifs is 1. The summed E-state index contributed by atoms with van der Waals surface area (Å²) in [6, 6.07) is 8.47. The highest BCUT2D eigenvalue weighted by atomic mass is 79.9. The lowest BCUT2D eigenvalue weighted by atomic mass is 10.0. The minimum atomic E-state index is 0.343. The highest BCUT2D eigenvalue weighted by Gasteiger charge is 2.22. The second-order valence-corrected chi connectivity index (χ2v) is 8.89. The van der Waals surface area contributed by atoms with Crippen molar-refractivity contribution in [3.63, 3.8) is 0 Å². The van der Waals surface area contributed by atoms with Crippen molar-refractivity contribution >= 4 is 54.9 Å². The summed E-state index contributed by atoms with van der Waals surface area (Å²) in [6.45, 7) is 4.23. The smallest absolute Gasteiger partial charge is 0.225 e. The summed E-state index contributed by atoms with van der Waals surface area (Å²) in [5, 5.41) is 1.49. The van der Waals surface area contributed by atoms with Gasteiger partial charge in [-0.05, 0) is 49.1 Å². The zero-order valence-electron chi connectivity index (χ0n) is 14.1. The lowest BCUT2D eigenvalue weighted by Crippen LogP contribution is -2.25. The van der Waals surface area contributed by atoms with Crippen molar-refractivity contribution in [1.29, 1.82) is 0 Å². The van der Waals surface area contributed by atoms with E-state index in [2.05, 4.69) is 62.0 Å². The fraction of sp³-hybridized carbons (Fsp3) is 0.368. The van der Waals surface area contributed by atoms with Gasteiger partial charge < -0.3 is 4.90 Å². The van der Waals surface area contributed by atoms with E-state index in [1.54, 1.807) is 11.3 Å². The molecule has 25 heavy (non-hydrogen) atoms. The molecule has 0 atom stereocenters. The van der Waals surface area contributed by atoms with Gasteiger partial charge in [-0.2, -0.15) is 4.98 Å². The van der Waals surface area contributed by atoms with Crippen LogP contribution in [0.15, 0.2) is 28.7 Å². The molecule has 1 fully saturated rings. The first-order valence-corrected chi connectivity index (χ1v) is 10.6. The number of hydrogen-bond acceptors (Lipinski definition) is 4. The van der Waals surface area contributed by atoms with Gasteiger partial charge in [-0.1, -0.05) is 40.9 Å². The SMILES string of the molecule is Cc1sc2nc(Cl)nc(N3CCCCCC3)c2c1-c1ccc(Br)cc1. The molecule has 0 amide bonds. The summed E-state index contributed by atoms with van der Waals surface area (Å²) >= 11 is 11.5. The van der Waals surface area contributed by atoms with Gasteiger partial charge in [0, 0.05) is 28.0 Å². The van der Waals surface area contributed by atoms with E-state index in [-0.39, 0.29) is 0 Å². The molecular weight excluding hydrogens is 418 g/mol. The van der Waals surface area contributed by atoms with Crippen LogP contribution in [0.5, 0.6) is 0 Å². The standard InChI is InChI=1S/C19H19BrClN3S/c1-12-15(13-6-8-14(20)9-7-13)16-17(22-19(21)23-18(16)25-12)24-10-4-2-3-5-11-24/h6-9H,2-5,10-11H2,1H3. The van der Waals surface area contributed by atoms with Crippen molar-refractivity contribution in [2.45, 2.75) is 32.6 Å². The van der Waals surface area contributed by atoms with Gasteiger partial charge in [0.15, 0.2) is 0 Å². The van der Waals surface area contributed by atoms with Crippen molar-refractivity contribution in [3.05, 3.63) is 38.9 Å². The summed E-state index contributed by atoms with van der Waals surface area (Å²) < 4.78 is 1.08. The minimum absolute atomic E-state index is 0.343. The summed E-state index contributed by atoms with van der Waals surface area (Å²) in [4.78, 5) is 13.8. The Labute approximate surface area is 165 Å². The maximum Gasteiger partial charge on any atom is 0.225 e. The van der Waals surface area contributed by atoms with Gasteiger partial charge in [-0.15, -0.1) is 11.3 Å². The average molecular weight is 437 g/mol. The quantitative estimate of drug-likeness (QED) is 0.431. The summed E-state index contributed by atoms with van der Waals surface area (Å²) in [5.74, 6) is 0.999. The van der Waals surface area contributed by atoms with E-state index in [0.29, 0.717) is 5.28 Å². The minimum Gasteiger partial charge on any atom is -0.356 e. The number of aryl methyl sites for hydroxylation is 1. The van der Waals surface area contributed by atoms with Crippen LogP contribution < -0.4 is 4.90 Å². The Kier molecular flexibility index (Phi) is 4.98.